The molecule has 0 heterocycles. The number of nitrogens with zero attached hydrogens (tertiary/aromatic N) is 1. The summed E-state index contributed by atoms with van der Waals surface area (Å²) in [5.74, 6) is 0.0578. The number of hydrogen-bond acceptors (Lipinski definition) is 2. The van der Waals surface area contributed by atoms with Crippen LogP contribution in [-0.2, 0) is 4.79 Å². The van der Waals surface area contributed by atoms with Crippen LogP contribution in [0.2, 0.25) is 0 Å². The lowest BCUT2D eigenvalue weighted by Gasteiger charge is -2.19. The molecule has 1 N–H and O–H groups in total. The van der Waals surface area contributed by atoms with Gasteiger partial charge in [0.1, 0.15) is 5.75 Å². The second kappa shape index (κ2) is 6.53. The van der Waals surface area contributed by atoms with Gasteiger partial charge in [0.15, 0.2) is 0 Å². The van der Waals surface area contributed by atoms with Crippen LogP contribution in [-0.4, -0.2) is 17.6 Å². The molecule has 0 aliphatic carbocycles. The van der Waals surface area contributed by atoms with E-state index >= 15 is 0 Å². The van der Waals surface area contributed by atoms with Crippen LogP contribution in [0.25, 0.3) is 0 Å². The number of likely N-dealkylation sites (N-methyl/N-ethyl adjacent to an activating group) is 1. The molecular formula is C14H17NO2. The Morgan fingerprint density at radius 2 is 2.18 bits per heavy atom. The summed E-state index contributed by atoms with van der Waals surface area (Å²) in [6, 6.07) is 6.67. The first-order chi connectivity index (χ1) is 8.19. The molecule has 0 aliphatic rings. The summed E-state index contributed by atoms with van der Waals surface area (Å²) in [5, 5.41) is 9.39. The minimum atomic E-state index is -0.101. The molecule has 0 fully saturated rings. The van der Waals surface area contributed by atoms with Crippen molar-refractivity contribution in [1.29, 1.82) is 0 Å². The van der Waals surface area contributed by atoms with Gasteiger partial charge >= 0.3 is 0 Å². The van der Waals surface area contributed by atoms with E-state index in [4.69, 9.17) is 0 Å². The van der Waals surface area contributed by atoms with Gasteiger partial charge in [0.2, 0.25) is 0 Å². The minimum Gasteiger partial charge on any atom is -0.508 e. The fraction of sp³-hybridized carbons (Fsp3) is 0.214. The Balaban J connectivity index is 2.88. The average molecular weight is 231 g/mol. The summed E-state index contributed by atoms with van der Waals surface area (Å²) >= 11 is 0. The Labute approximate surface area is 102 Å². The van der Waals surface area contributed by atoms with Crippen LogP contribution >= 0.6 is 0 Å². The molecule has 90 valence electrons. The van der Waals surface area contributed by atoms with E-state index in [1.54, 1.807) is 41.3 Å². The SMILES string of the molecule is CC=C/C=C/C(=O)N(CC)c1cccc(O)c1. The van der Waals surface area contributed by atoms with Gasteiger partial charge in [-0.25, -0.2) is 0 Å². The molecule has 0 saturated carbocycles. The van der Waals surface area contributed by atoms with Crippen molar-refractivity contribution in [1.82, 2.24) is 0 Å². The van der Waals surface area contributed by atoms with Crippen molar-refractivity contribution in [2.75, 3.05) is 11.4 Å². The van der Waals surface area contributed by atoms with Crippen molar-refractivity contribution in [3.05, 3.63) is 48.6 Å². The normalized spacial score (nSPS) is 11.2. The first kappa shape index (κ1) is 13.0. The Kier molecular flexibility index (Phi) is 5.01. The Hall–Kier alpha value is -2.03. The molecule has 1 amide bonds. The predicted octanol–water partition coefficient (Wildman–Crippen LogP) is 2.88. The van der Waals surface area contributed by atoms with Gasteiger partial charge in [-0.05, 0) is 26.0 Å². The summed E-state index contributed by atoms with van der Waals surface area (Å²) in [5.41, 5.74) is 0.697. The van der Waals surface area contributed by atoms with E-state index in [1.807, 2.05) is 19.9 Å². The van der Waals surface area contributed by atoms with Crippen LogP contribution in [0.15, 0.2) is 48.6 Å². The summed E-state index contributed by atoms with van der Waals surface area (Å²) in [6.45, 7) is 4.34. The molecule has 17 heavy (non-hydrogen) atoms. The number of hydrogen-bond donors (Lipinski definition) is 1. The van der Waals surface area contributed by atoms with Gasteiger partial charge in [-0.3, -0.25) is 4.79 Å². The second-order valence-electron chi connectivity index (χ2n) is 3.49. The van der Waals surface area contributed by atoms with Crippen LogP contribution in [0.5, 0.6) is 5.75 Å². The molecule has 3 nitrogen and oxygen atoms in total. The highest BCUT2D eigenvalue weighted by atomic mass is 16.3. The van der Waals surface area contributed by atoms with Crippen LogP contribution in [0.1, 0.15) is 13.8 Å². The van der Waals surface area contributed by atoms with E-state index in [2.05, 4.69) is 0 Å². The fourth-order valence-electron chi connectivity index (χ4n) is 1.47. The molecule has 1 aromatic carbocycles. The monoisotopic (exact) mass is 231 g/mol. The molecule has 0 spiro atoms. The van der Waals surface area contributed by atoms with Gasteiger partial charge in [-0.2, -0.15) is 0 Å². The van der Waals surface area contributed by atoms with E-state index < -0.39 is 0 Å². The van der Waals surface area contributed by atoms with Crippen molar-refractivity contribution >= 4 is 11.6 Å². The van der Waals surface area contributed by atoms with Gasteiger partial charge < -0.3 is 10.0 Å². The van der Waals surface area contributed by atoms with Gasteiger partial charge in [-0.1, -0.05) is 24.3 Å². The van der Waals surface area contributed by atoms with Gasteiger partial charge in [0.25, 0.3) is 5.91 Å². The molecule has 1 rings (SSSR count). The third-order valence-corrected chi connectivity index (χ3v) is 2.27. The first-order valence-corrected chi connectivity index (χ1v) is 5.59. The van der Waals surface area contributed by atoms with Crippen LogP contribution < -0.4 is 4.90 Å². The summed E-state index contributed by atoms with van der Waals surface area (Å²) in [4.78, 5) is 13.5. The molecule has 1 aromatic rings. The van der Waals surface area contributed by atoms with E-state index in [1.165, 1.54) is 6.08 Å². The summed E-state index contributed by atoms with van der Waals surface area (Å²) in [6.07, 6.45) is 6.87. The molecule has 0 aliphatic heterocycles. The van der Waals surface area contributed by atoms with Crippen molar-refractivity contribution in [3.8, 4) is 5.75 Å². The van der Waals surface area contributed by atoms with Gasteiger partial charge in [-0.15, -0.1) is 0 Å². The average Bonchev–Trinajstić information content (AvgIpc) is 2.30. The number of anilines is 1. The second-order valence-corrected chi connectivity index (χ2v) is 3.49. The van der Waals surface area contributed by atoms with E-state index in [9.17, 15) is 9.90 Å². The highest BCUT2D eigenvalue weighted by Gasteiger charge is 2.10. The lowest BCUT2D eigenvalue weighted by molar-refractivity contribution is -0.114. The minimum absolute atomic E-state index is 0.101. The van der Waals surface area contributed by atoms with Crippen molar-refractivity contribution in [2.24, 2.45) is 0 Å². The number of carbonyl (C=O) groups is 1. The molecular weight excluding hydrogens is 214 g/mol. The van der Waals surface area contributed by atoms with Gasteiger partial charge in [0, 0.05) is 24.4 Å². The number of amides is 1. The lowest BCUT2D eigenvalue weighted by atomic mass is 10.2. The number of rotatable bonds is 4. The van der Waals surface area contributed by atoms with E-state index in [-0.39, 0.29) is 11.7 Å². The largest absolute Gasteiger partial charge is 0.508 e. The maximum absolute atomic E-state index is 11.9. The fourth-order valence-corrected chi connectivity index (χ4v) is 1.47. The Morgan fingerprint density at radius 3 is 2.76 bits per heavy atom. The molecule has 0 bridgehead atoms. The molecule has 0 radical (unpaired) electrons. The van der Waals surface area contributed by atoms with Crippen molar-refractivity contribution in [2.45, 2.75) is 13.8 Å². The van der Waals surface area contributed by atoms with Crippen molar-refractivity contribution < 1.29 is 9.90 Å². The zero-order valence-corrected chi connectivity index (χ0v) is 10.1. The number of phenols is 1. The van der Waals surface area contributed by atoms with E-state index in [0.29, 0.717) is 12.2 Å². The van der Waals surface area contributed by atoms with Crippen LogP contribution in [0.3, 0.4) is 0 Å². The molecule has 0 aromatic heterocycles. The van der Waals surface area contributed by atoms with Crippen LogP contribution in [0, 0.1) is 0 Å². The first-order valence-electron chi connectivity index (χ1n) is 5.59. The molecule has 0 unspecified atom stereocenters. The third kappa shape index (κ3) is 3.79. The quantitative estimate of drug-likeness (QED) is 0.639. The topological polar surface area (TPSA) is 40.5 Å². The highest BCUT2D eigenvalue weighted by molar-refractivity contribution is 6.01. The number of aromatic hydroxyl groups is 1. The van der Waals surface area contributed by atoms with E-state index in [0.717, 1.165) is 0 Å². The lowest BCUT2D eigenvalue weighted by Crippen LogP contribution is -2.28. The molecule has 3 heteroatoms. The Bertz CT molecular complexity index is 436. The number of allylic oxidation sites excluding steroid dienone is 3. The number of benzene rings is 1. The van der Waals surface area contributed by atoms with Crippen LogP contribution in [0.4, 0.5) is 5.69 Å². The summed E-state index contributed by atoms with van der Waals surface area (Å²) < 4.78 is 0. The molecule has 0 atom stereocenters. The number of carbonyl (C=O) groups excluding carboxylic acids is 1. The maximum Gasteiger partial charge on any atom is 0.250 e. The zero-order valence-electron chi connectivity index (χ0n) is 10.1. The number of phenolic OH excluding ortho intramolecular Hbond substituents is 1. The Morgan fingerprint density at radius 1 is 1.41 bits per heavy atom. The predicted molar refractivity (Wildman–Crippen MR) is 70.1 cm³/mol. The standard InChI is InChI=1S/C14H17NO2/c1-3-5-6-10-14(17)15(4-2)12-8-7-9-13(16)11-12/h3,5-11,16H,4H2,1-2H3/b5-3?,10-6+. The highest BCUT2D eigenvalue weighted by Crippen LogP contribution is 2.20. The maximum atomic E-state index is 11.9. The van der Waals surface area contributed by atoms with Gasteiger partial charge in [0.05, 0.1) is 0 Å². The smallest absolute Gasteiger partial charge is 0.250 e. The molecule has 0 saturated heterocycles. The third-order valence-electron chi connectivity index (χ3n) is 2.27. The van der Waals surface area contributed by atoms with Crippen molar-refractivity contribution in [3.63, 3.8) is 0 Å². The summed E-state index contributed by atoms with van der Waals surface area (Å²) in [7, 11) is 0. The zero-order chi connectivity index (χ0) is 12.7.